The van der Waals surface area contributed by atoms with E-state index in [1.165, 1.54) is 45.6 Å². The van der Waals surface area contributed by atoms with Crippen molar-refractivity contribution in [2.24, 2.45) is 0 Å². The lowest BCUT2D eigenvalue weighted by Gasteiger charge is -2.13. The fourth-order valence-corrected chi connectivity index (χ4v) is 3.96. The van der Waals surface area contributed by atoms with E-state index in [2.05, 4.69) is 36.2 Å². The van der Waals surface area contributed by atoms with Gasteiger partial charge in [-0.15, -0.1) is 0 Å². The van der Waals surface area contributed by atoms with E-state index in [-0.39, 0.29) is 0 Å². The van der Waals surface area contributed by atoms with Crippen LogP contribution < -0.4 is 14.5 Å². The first-order valence-corrected chi connectivity index (χ1v) is 9.07. The molecule has 26 heavy (non-hydrogen) atoms. The Hall–Kier alpha value is -2.81. The maximum absolute atomic E-state index is 5.34. The molecule has 0 saturated heterocycles. The van der Waals surface area contributed by atoms with Crippen LogP contribution in [0.2, 0.25) is 0 Å². The van der Waals surface area contributed by atoms with Gasteiger partial charge in [0.1, 0.15) is 11.5 Å². The number of methoxy groups -OCH3 is 2. The number of hydrogen-bond acceptors (Lipinski definition) is 2. The highest BCUT2D eigenvalue weighted by Gasteiger charge is 2.27. The van der Waals surface area contributed by atoms with Crippen LogP contribution in [0.25, 0.3) is 22.4 Å². The molecular weight excluding hydrogens is 322 g/mol. The van der Waals surface area contributed by atoms with E-state index in [0.717, 1.165) is 24.3 Å². The lowest BCUT2D eigenvalue weighted by atomic mass is 9.91. The minimum absolute atomic E-state index is 0.873. The number of aromatic nitrogens is 1. The summed E-state index contributed by atoms with van der Waals surface area (Å²) in [5, 5.41) is 0. The number of ether oxygens (including phenoxy) is 2. The summed E-state index contributed by atoms with van der Waals surface area (Å²) in [4.78, 5) is 3.69. The molecule has 3 aromatic rings. The van der Waals surface area contributed by atoms with Crippen LogP contribution in [-0.2, 0) is 12.8 Å². The number of nitrogens with one attached hydrogen (secondary N) is 1. The van der Waals surface area contributed by atoms with Crippen LogP contribution in [0.1, 0.15) is 23.2 Å². The van der Waals surface area contributed by atoms with Gasteiger partial charge < -0.3 is 9.47 Å². The summed E-state index contributed by atoms with van der Waals surface area (Å²) in [6.07, 6.45) is 3.51. The first-order valence-electron chi connectivity index (χ1n) is 9.07. The topological polar surface area (TPSA) is 32.6 Å². The molecule has 0 fully saturated rings. The summed E-state index contributed by atoms with van der Waals surface area (Å²) in [5.74, 6) is 1.75. The lowest BCUT2D eigenvalue weighted by molar-refractivity contribution is -0.374. The van der Waals surface area contributed by atoms with Crippen LogP contribution >= 0.6 is 0 Å². The van der Waals surface area contributed by atoms with Gasteiger partial charge in [-0.1, -0.05) is 12.1 Å². The Balaban J connectivity index is 1.93. The molecule has 0 spiro atoms. The highest BCUT2D eigenvalue weighted by atomic mass is 16.5. The van der Waals surface area contributed by atoms with Gasteiger partial charge in [0.15, 0.2) is 5.69 Å². The van der Waals surface area contributed by atoms with Crippen LogP contribution in [0.4, 0.5) is 0 Å². The van der Waals surface area contributed by atoms with Gasteiger partial charge in [0, 0.05) is 18.1 Å². The zero-order valence-corrected chi connectivity index (χ0v) is 15.6. The van der Waals surface area contributed by atoms with Crippen molar-refractivity contribution in [1.29, 1.82) is 0 Å². The monoisotopic (exact) mass is 346 g/mol. The fraction of sp³-hybridized carbons (Fsp3) is 0.261. The molecule has 0 atom stereocenters. The Bertz CT molecular complexity index is 928. The van der Waals surface area contributed by atoms with Crippen molar-refractivity contribution in [3.63, 3.8) is 0 Å². The number of hydrogen-bond donors (Lipinski definition) is 0. The quantitative estimate of drug-likeness (QED) is 0.689. The molecule has 1 heterocycles. The number of H-pyrrole nitrogens is 1. The summed E-state index contributed by atoms with van der Waals surface area (Å²) in [7, 11) is 3.40. The molecule has 4 rings (SSSR count). The standard InChI is InChI=1S/C23H23NO2/c1-15-20-5-4-6-21(20)22(16-7-11-18(25-2)12-8-16)23(24-15)17-9-13-19(26-3)14-10-17/h7-14H,4-6H2,1-3H3/p+1. The highest BCUT2D eigenvalue weighted by Crippen LogP contribution is 2.39. The highest BCUT2D eigenvalue weighted by molar-refractivity contribution is 5.83. The summed E-state index contributed by atoms with van der Waals surface area (Å²) in [6, 6.07) is 16.7. The summed E-state index contributed by atoms with van der Waals surface area (Å²) < 4.78 is 10.7. The van der Waals surface area contributed by atoms with Gasteiger partial charge in [0.05, 0.1) is 19.8 Å². The van der Waals surface area contributed by atoms with Crippen molar-refractivity contribution < 1.29 is 14.5 Å². The Labute approximate surface area is 154 Å². The van der Waals surface area contributed by atoms with Gasteiger partial charge >= 0.3 is 0 Å². The second kappa shape index (κ2) is 6.83. The smallest absolute Gasteiger partial charge is 0.219 e. The van der Waals surface area contributed by atoms with E-state index in [4.69, 9.17) is 9.47 Å². The molecule has 2 aromatic carbocycles. The predicted molar refractivity (Wildman–Crippen MR) is 104 cm³/mol. The van der Waals surface area contributed by atoms with Crippen molar-refractivity contribution in [3.05, 3.63) is 65.4 Å². The maximum atomic E-state index is 5.34. The number of aryl methyl sites for hydroxylation is 1. The average Bonchev–Trinajstić information content (AvgIpc) is 3.18. The Kier molecular flexibility index (Phi) is 4.37. The van der Waals surface area contributed by atoms with E-state index < -0.39 is 0 Å². The third-order valence-corrected chi connectivity index (χ3v) is 5.29. The van der Waals surface area contributed by atoms with E-state index in [1.54, 1.807) is 14.2 Å². The van der Waals surface area contributed by atoms with Crippen LogP contribution in [-0.4, -0.2) is 14.2 Å². The van der Waals surface area contributed by atoms with Crippen molar-refractivity contribution in [2.75, 3.05) is 14.2 Å². The van der Waals surface area contributed by atoms with Crippen LogP contribution in [0.5, 0.6) is 11.5 Å². The molecule has 0 radical (unpaired) electrons. The van der Waals surface area contributed by atoms with Gasteiger partial charge in [0.2, 0.25) is 5.69 Å². The third kappa shape index (κ3) is 2.84. The SMILES string of the molecule is COc1ccc(-c2[nH+]c(C)c3c(c2-c2ccc(OC)cc2)CCC3)cc1. The molecule has 3 heteroatoms. The summed E-state index contributed by atoms with van der Waals surface area (Å²) >= 11 is 0. The van der Waals surface area contributed by atoms with Crippen molar-refractivity contribution in [2.45, 2.75) is 26.2 Å². The molecule has 3 nitrogen and oxygen atoms in total. The van der Waals surface area contributed by atoms with E-state index in [1.807, 2.05) is 24.3 Å². The van der Waals surface area contributed by atoms with Gasteiger partial charge in [-0.05, 0) is 66.8 Å². The Morgan fingerprint density at radius 3 is 1.85 bits per heavy atom. The number of fused-ring (bicyclic) bond motifs is 1. The second-order valence-corrected chi connectivity index (χ2v) is 6.77. The van der Waals surface area contributed by atoms with E-state index >= 15 is 0 Å². The van der Waals surface area contributed by atoms with Gasteiger partial charge in [-0.25, -0.2) is 4.98 Å². The zero-order chi connectivity index (χ0) is 18.1. The third-order valence-electron chi connectivity index (χ3n) is 5.29. The molecule has 0 bridgehead atoms. The first-order chi connectivity index (χ1) is 12.7. The molecule has 1 aliphatic rings. The molecule has 0 aliphatic heterocycles. The number of rotatable bonds is 4. The number of benzene rings is 2. The van der Waals surface area contributed by atoms with Crippen LogP contribution in [0.15, 0.2) is 48.5 Å². The molecule has 0 amide bonds. The van der Waals surface area contributed by atoms with Gasteiger partial charge in [-0.2, -0.15) is 0 Å². The average molecular weight is 346 g/mol. The molecule has 0 saturated carbocycles. The van der Waals surface area contributed by atoms with Crippen LogP contribution in [0, 0.1) is 6.92 Å². The first kappa shape index (κ1) is 16.6. The van der Waals surface area contributed by atoms with Crippen LogP contribution in [0.3, 0.4) is 0 Å². The van der Waals surface area contributed by atoms with Crippen molar-refractivity contribution in [3.8, 4) is 33.9 Å². The molecule has 1 aromatic heterocycles. The minimum Gasteiger partial charge on any atom is -0.497 e. The number of aromatic amines is 1. The molecular formula is C23H24NO2+. The Morgan fingerprint density at radius 2 is 1.27 bits per heavy atom. The predicted octanol–water partition coefficient (Wildman–Crippen LogP) is 4.65. The zero-order valence-electron chi connectivity index (χ0n) is 15.6. The molecule has 1 aliphatic carbocycles. The summed E-state index contributed by atoms with van der Waals surface area (Å²) in [6.45, 7) is 2.19. The maximum Gasteiger partial charge on any atom is 0.219 e. The fourth-order valence-electron chi connectivity index (χ4n) is 3.96. The van der Waals surface area contributed by atoms with Crippen molar-refractivity contribution in [1.82, 2.24) is 0 Å². The molecule has 132 valence electrons. The van der Waals surface area contributed by atoms with Gasteiger partial charge in [-0.3, -0.25) is 0 Å². The normalized spacial score (nSPS) is 12.7. The molecule has 0 unspecified atom stereocenters. The second-order valence-electron chi connectivity index (χ2n) is 6.77. The van der Waals surface area contributed by atoms with Gasteiger partial charge in [0.25, 0.3) is 0 Å². The summed E-state index contributed by atoms with van der Waals surface area (Å²) in [5.41, 5.74) is 9.14. The van der Waals surface area contributed by atoms with E-state index in [0.29, 0.717) is 0 Å². The number of pyridine rings is 1. The minimum atomic E-state index is 0.873. The largest absolute Gasteiger partial charge is 0.497 e. The lowest BCUT2D eigenvalue weighted by Crippen LogP contribution is -2.17. The molecule has 1 N–H and O–H groups in total. The Morgan fingerprint density at radius 1 is 0.731 bits per heavy atom. The van der Waals surface area contributed by atoms with Crippen molar-refractivity contribution >= 4 is 0 Å². The van der Waals surface area contributed by atoms with E-state index in [9.17, 15) is 0 Å².